The highest BCUT2D eigenvalue weighted by Gasteiger charge is 2.13. The molecule has 0 saturated heterocycles. The molecule has 0 fully saturated rings. The highest BCUT2D eigenvalue weighted by Crippen LogP contribution is 2.35. The number of hydrogen-bond donors (Lipinski definition) is 0. The fourth-order valence-electron chi connectivity index (χ4n) is 2.46. The van der Waals surface area contributed by atoms with E-state index in [-0.39, 0.29) is 11.9 Å². The summed E-state index contributed by atoms with van der Waals surface area (Å²) in [4.78, 5) is 10.9. The monoisotopic (exact) mass is 384 g/mol. The van der Waals surface area contributed by atoms with Crippen LogP contribution in [0.4, 0.5) is 0 Å². The molecular weight excluding hydrogens is 360 g/mol. The number of benzene rings is 2. The second kappa shape index (κ2) is 10.1. The number of carbonyl (C=O) groups excluding carboxylic acids is 1. The largest absolute Gasteiger partial charge is 0.493 e. The highest BCUT2D eigenvalue weighted by atomic mass is 16.5. The van der Waals surface area contributed by atoms with Crippen LogP contribution in [-0.2, 0) is 4.79 Å². The second-order valence-corrected chi connectivity index (χ2v) is 5.93. The van der Waals surface area contributed by atoms with Crippen LogP contribution in [0.15, 0.2) is 30.3 Å². The van der Waals surface area contributed by atoms with Gasteiger partial charge in [-0.3, -0.25) is 4.79 Å². The summed E-state index contributed by atoms with van der Waals surface area (Å²) in [6.45, 7) is 6.56. The summed E-state index contributed by atoms with van der Waals surface area (Å²) in [5.74, 6) is 8.56. The minimum Gasteiger partial charge on any atom is -0.493 e. The normalized spacial score (nSPS) is 9.93. The molecule has 0 atom stereocenters. The lowest BCUT2D eigenvalue weighted by Gasteiger charge is -2.15. The van der Waals surface area contributed by atoms with Crippen molar-refractivity contribution < 1.29 is 28.5 Å². The number of methoxy groups -OCH3 is 2. The molecule has 0 spiro atoms. The third-order valence-electron chi connectivity index (χ3n) is 3.61. The molecule has 0 radical (unpaired) electrons. The molecule has 0 N–H and O–H groups in total. The van der Waals surface area contributed by atoms with Gasteiger partial charge in [0.1, 0.15) is 5.75 Å². The lowest BCUT2D eigenvalue weighted by Crippen LogP contribution is -2.07. The van der Waals surface area contributed by atoms with Gasteiger partial charge in [0.15, 0.2) is 23.0 Å². The van der Waals surface area contributed by atoms with Gasteiger partial charge in [-0.15, -0.1) is 0 Å². The van der Waals surface area contributed by atoms with Crippen molar-refractivity contribution in [3.63, 3.8) is 0 Å². The zero-order valence-corrected chi connectivity index (χ0v) is 16.7. The summed E-state index contributed by atoms with van der Waals surface area (Å²) < 4.78 is 27.0. The first-order valence-corrected chi connectivity index (χ1v) is 8.84. The maximum Gasteiger partial charge on any atom is 0.298 e. The van der Waals surface area contributed by atoms with Crippen molar-refractivity contribution in [3.05, 3.63) is 41.5 Å². The van der Waals surface area contributed by atoms with E-state index in [0.717, 1.165) is 5.56 Å². The Bertz CT molecular complexity index is 877. The van der Waals surface area contributed by atoms with Crippen molar-refractivity contribution >= 4 is 6.47 Å². The maximum atomic E-state index is 10.9. The van der Waals surface area contributed by atoms with Gasteiger partial charge in [0.2, 0.25) is 0 Å². The smallest absolute Gasteiger partial charge is 0.298 e. The standard InChI is InChI=1S/C22H24O6/c1-6-26-21-11-16(8-10-18(21)24-4)7-9-17-12-20(25-5)22(28-15(2)3)13-19(17)27-14-23/h8,10-15H,6H2,1-5H3. The van der Waals surface area contributed by atoms with Gasteiger partial charge in [-0.1, -0.05) is 11.8 Å². The zero-order valence-electron chi connectivity index (χ0n) is 16.7. The molecule has 2 aromatic rings. The van der Waals surface area contributed by atoms with E-state index in [4.69, 9.17) is 23.7 Å². The Balaban J connectivity index is 2.45. The van der Waals surface area contributed by atoms with Crippen LogP contribution in [0.3, 0.4) is 0 Å². The molecule has 0 aliphatic carbocycles. The Morgan fingerprint density at radius 1 is 0.929 bits per heavy atom. The molecule has 2 aromatic carbocycles. The Labute approximate surface area is 165 Å². The molecule has 0 saturated carbocycles. The van der Waals surface area contributed by atoms with Gasteiger partial charge in [-0.2, -0.15) is 0 Å². The Kier molecular flexibility index (Phi) is 7.58. The number of hydrogen-bond acceptors (Lipinski definition) is 6. The molecule has 0 aliphatic heterocycles. The first-order chi connectivity index (χ1) is 13.5. The van der Waals surface area contributed by atoms with Crippen LogP contribution in [-0.4, -0.2) is 33.4 Å². The van der Waals surface area contributed by atoms with Gasteiger partial charge in [-0.25, -0.2) is 0 Å². The summed E-state index contributed by atoms with van der Waals surface area (Å²) in [5, 5.41) is 0. The average molecular weight is 384 g/mol. The van der Waals surface area contributed by atoms with Crippen molar-refractivity contribution in [2.75, 3.05) is 20.8 Å². The van der Waals surface area contributed by atoms with E-state index in [1.165, 1.54) is 7.11 Å². The summed E-state index contributed by atoms with van der Waals surface area (Å²) in [7, 11) is 3.12. The van der Waals surface area contributed by atoms with Gasteiger partial charge in [0, 0.05) is 17.7 Å². The van der Waals surface area contributed by atoms with E-state index in [1.54, 1.807) is 31.4 Å². The van der Waals surface area contributed by atoms with Crippen molar-refractivity contribution in [1.82, 2.24) is 0 Å². The first kappa shape index (κ1) is 21.0. The second-order valence-electron chi connectivity index (χ2n) is 5.93. The molecule has 0 aliphatic rings. The molecule has 148 valence electrons. The van der Waals surface area contributed by atoms with Crippen molar-refractivity contribution in [2.24, 2.45) is 0 Å². The molecule has 2 rings (SSSR count). The van der Waals surface area contributed by atoms with Crippen LogP contribution in [0.5, 0.6) is 28.7 Å². The van der Waals surface area contributed by atoms with Crippen LogP contribution < -0.4 is 23.7 Å². The summed E-state index contributed by atoms with van der Waals surface area (Å²) in [5.41, 5.74) is 1.22. The SMILES string of the molecule is CCOc1cc(C#Cc2cc(OC)c(OC(C)C)cc2OC=O)ccc1OC. The number of carbonyl (C=O) groups is 1. The molecule has 6 nitrogen and oxygen atoms in total. The third kappa shape index (κ3) is 5.34. The van der Waals surface area contributed by atoms with Crippen LogP contribution in [0.1, 0.15) is 31.9 Å². The molecule has 28 heavy (non-hydrogen) atoms. The van der Waals surface area contributed by atoms with Gasteiger partial charge in [-0.05, 0) is 39.0 Å². The van der Waals surface area contributed by atoms with E-state index >= 15 is 0 Å². The molecule has 0 aromatic heterocycles. The lowest BCUT2D eigenvalue weighted by molar-refractivity contribution is -0.120. The first-order valence-electron chi connectivity index (χ1n) is 8.84. The number of rotatable bonds is 8. The summed E-state index contributed by atoms with van der Waals surface area (Å²) in [6, 6.07) is 8.68. The minimum atomic E-state index is -0.0637. The van der Waals surface area contributed by atoms with Crippen LogP contribution in [0.25, 0.3) is 0 Å². The van der Waals surface area contributed by atoms with Crippen molar-refractivity contribution in [3.8, 4) is 40.6 Å². The molecule has 0 heterocycles. The van der Waals surface area contributed by atoms with E-state index in [2.05, 4.69) is 11.8 Å². The van der Waals surface area contributed by atoms with Gasteiger partial charge in [0.05, 0.1) is 32.5 Å². The molecule has 6 heteroatoms. The quantitative estimate of drug-likeness (QED) is 0.509. The molecule has 0 amide bonds. The predicted octanol–water partition coefficient (Wildman–Crippen LogP) is 3.82. The maximum absolute atomic E-state index is 10.9. The zero-order chi connectivity index (χ0) is 20.5. The Morgan fingerprint density at radius 3 is 2.29 bits per heavy atom. The van der Waals surface area contributed by atoms with Gasteiger partial charge >= 0.3 is 0 Å². The fourth-order valence-corrected chi connectivity index (χ4v) is 2.46. The van der Waals surface area contributed by atoms with E-state index in [1.807, 2.05) is 26.8 Å². The van der Waals surface area contributed by atoms with Crippen LogP contribution in [0, 0.1) is 11.8 Å². The van der Waals surface area contributed by atoms with Crippen molar-refractivity contribution in [1.29, 1.82) is 0 Å². The van der Waals surface area contributed by atoms with Crippen LogP contribution >= 0.6 is 0 Å². The molecule has 0 unspecified atom stereocenters. The minimum absolute atomic E-state index is 0.0637. The summed E-state index contributed by atoms with van der Waals surface area (Å²) in [6.07, 6.45) is -0.0637. The van der Waals surface area contributed by atoms with E-state index in [0.29, 0.717) is 41.6 Å². The van der Waals surface area contributed by atoms with Gasteiger partial charge < -0.3 is 23.7 Å². The molecular formula is C22H24O6. The summed E-state index contributed by atoms with van der Waals surface area (Å²) >= 11 is 0. The van der Waals surface area contributed by atoms with E-state index < -0.39 is 0 Å². The average Bonchev–Trinajstić information content (AvgIpc) is 2.67. The predicted molar refractivity (Wildman–Crippen MR) is 106 cm³/mol. The van der Waals surface area contributed by atoms with Crippen molar-refractivity contribution in [2.45, 2.75) is 26.9 Å². The molecule has 0 bridgehead atoms. The third-order valence-corrected chi connectivity index (χ3v) is 3.61. The van der Waals surface area contributed by atoms with Crippen LogP contribution in [0.2, 0.25) is 0 Å². The Hall–Kier alpha value is -3.33. The van der Waals surface area contributed by atoms with E-state index in [9.17, 15) is 4.79 Å². The topological polar surface area (TPSA) is 63.2 Å². The Morgan fingerprint density at radius 2 is 1.68 bits per heavy atom. The lowest BCUT2D eigenvalue weighted by atomic mass is 10.1. The fraction of sp³-hybridized carbons (Fsp3) is 0.318. The highest BCUT2D eigenvalue weighted by molar-refractivity contribution is 5.61. The van der Waals surface area contributed by atoms with Gasteiger partial charge in [0.25, 0.3) is 6.47 Å². The number of ether oxygens (including phenoxy) is 5.